The number of hydrogen-bond acceptors (Lipinski definition) is 7. The lowest BCUT2D eigenvalue weighted by Gasteiger charge is -2.24. The Balaban J connectivity index is 4.23. The van der Waals surface area contributed by atoms with Crippen molar-refractivity contribution in [3.05, 3.63) is 134 Å². The number of quaternary nitrogens is 1. The van der Waals surface area contributed by atoms with Crippen molar-refractivity contribution < 1.29 is 42.1 Å². The Bertz CT molecular complexity index is 1730. The first kappa shape index (κ1) is 71.2. The molecule has 426 valence electrons. The van der Waals surface area contributed by atoms with Gasteiger partial charge in [-0.05, 0) is 96.3 Å². The van der Waals surface area contributed by atoms with Crippen molar-refractivity contribution in [2.75, 3.05) is 47.5 Å². The van der Waals surface area contributed by atoms with Gasteiger partial charge in [-0.3, -0.25) is 18.6 Å². The van der Waals surface area contributed by atoms with Gasteiger partial charge in [0.1, 0.15) is 19.8 Å². The van der Waals surface area contributed by atoms with Gasteiger partial charge in [0.2, 0.25) is 0 Å². The maximum absolute atomic E-state index is 12.8. The molecule has 0 aliphatic rings. The van der Waals surface area contributed by atoms with E-state index in [0.717, 1.165) is 109 Å². The smallest absolute Gasteiger partial charge is 0.462 e. The lowest BCUT2D eigenvalue weighted by atomic mass is 10.0. The highest BCUT2D eigenvalue weighted by atomic mass is 31.2. The van der Waals surface area contributed by atoms with Gasteiger partial charge in [-0.15, -0.1) is 0 Å². The van der Waals surface area contributed by atoms with Gasteiger partial charge in [-0.25, -0.2) is 4.57 Å². The highest BCUT2D eigenvalue weighted by Crippen LogP contribution is 2.43. The first-order valence-electron chi connectivity index (χ1n) is 29.4. The van der Waals surface area contributed by atoms with Crippen LogP contribution in [0.4, 0.5) is 0 Å². The number of nitrogens with zero attached hydrogens (tertiary/aromatic N) is 1. The molecule has 2 atom stereocenters. The Morgan fingerprint density at radius 2 is 0.760 bits per heavy atom. The SMILES string of the molecule is CC/C=C\C/C=C\C/C=C\C/C=C\C/C=C\C/C=C\C/C=C\C/C=C\C/C=C\C/C=C\C/C=C\CCCCCC(=O)OC(COC(=O)CCCCCCCCCCCCCCCC)COP(=O)(O)OCC[N+](C)(C)C. The molecule has 2 unspecified atom stereocenters. The van der Waals surface area contributed by atoms with E-state index in [1.807, 2.05) is 21.1 Å². The van der Waals surface area contributed by atoms with Crippen LogP contribution in [0.3, 0.4) is 0 Å². The first-order chi connectivity index (χ1) is 36.5. The van der Waals surface area contributed by atoms with E-state index in [4.69, 9.17) is 18.5 Å². The van der Waals surface area contributed by atoms with E-state index < -0.39 is 26.5 Å². The first-order valence-corrected chi connectivity index (χ1v) is 30.9. The van der Waals surface area contributed by atoms with E-state index in [9.17, 15) is 19.0 Å². The second kappa shape index (κ2) is 54.9. The highest BCUT2D eigenvalue weighted by molar-refractivity contribution is 7.47. The van der Waals surface area contributed by atoms with Crippen molar-refractivity contribution in [2.45, 2.75) is 219 Å². The minimum absolute atomic E-state index is 0.0191. The largest absolute Gasteiger partial charge is 0.472 e. The third-order valence-corrected chi connectivity index (χ3v) is 12.9. The fraction of sp³-hybridized carbons (Fsp3) is 0.631. The number of unbranched alkanes of at least 4 members (excludes halogenated alkanes) is 16. The Hall–Kier alpha value is -3.85. The maximum Gasteiger partial charge on any atom is 0.472 e. The summed E-state index contributed by atoms with van der Waals surface area (Å²) in [6.45, 7) is 4.26. The lowest BCUT2D eigenvalue weighted by Crippen LogP contribution is -2.37. The average Bonchev–Trinajstić information content (AvgIpc) is 3.37. The zero-order valence-electron chi connectivity index (χ0n) is 48.2. The zero-order valence-corrected chi connectivity index (χ0v) is 49.1. The molecule has 0 saturated carbocycles. The maximum atomic E-state index is 12.8. The number of esters is 2. The van der Waals surface area contributed by atoms with Gasteiger partial charge >= 0.3 is 19.8 Å². The van der Waals surface area contributed by atoms with Crippen LogP contribution in [-0.4, -0.2) is 74.9 Å². The molecule has 0 saturated heterocycles. The van der Waals surface area contributed by atoms with Crippen molar-refractivity contribution in [1.29, 1.82) is 0 Å². The molecule has 10 heteroatoms. The molecule has 1 N–H and O–H groups in total. The van der Waals surface area contributed by atoms with Crippen LogP contribution in [0.25, 0.3) is 0 Å². The number of carbonyl (C=O) groups is 2. The minimum Gasteiger partial charge on any atom is -0.462 e. The third-order valence-electron chi connectivity index (χ3n) is 11.9. The Labute approximate surface area is 460 Å². The molecule has 0 amide bonds. The topological polar surface area (TPSA) is 108 Å². The Morgan fingerprint density at radius 3 is 1.13 bits per heavy atom. The van der Waals surface area contributed by atoms with Gasteiger partial charge in [0, 0.05) is 12.8 Å². The van der Waals surface area contributed by atoms with Crippen LogP contribution < -0.4 is 0 Å². The van der Waals surface area contributed by atoms with Crippen LogP contribution in [0.5, 0.6) is 0 Å². The second-order valence-electron chi connectivity index (χ2n) is 20.3. The second-order valence-corrected chi connectivity index (χ2v) is 21.8. The molecule has 0 aliphatic heterocycles. The predicted molar refractivity (Wildman–Crippen MR) is 320 cm³/mol. The number of rotatable bonds is 52. The quantitative estimate of drug-likeness (QED) is 0.0211. The highest BCUT2D eigenvalue weighted by Gasteiger charge is 2.27. The summed E-state index contributed by atoms with van der Waals surface area (Å²) in [5.74, 6) is -0.842. The number of carbonyl (C=O) groups excluding carboxylic acids is 2. The third kappa shape index (κ3) is 59.3. The van der Waals surface area contributed by atoms with E-state index in [-0.39, 0.29) is 32.0 Å². The van der Waals surface area contributed by atoms with Gasteiger partial charge in [-0.1, -0.05) is 237 Å². The summed E-state index contributed by atoms with van der Waals surface area (Å²) < 4.78 is 34.5. The summed E-state index contributed by atoms with van der Waals surface area (Å²) in [5, 5.41) is 0. The van der Waals surface area contributed by atoms with Crippen molar-refractivity contribution in [3.8, 4) is 0 Å². The fourth-order valence-corrected chi connectivity index (χ4v) is 8.17. The molecule has 0 spiro atoms. The summed E-state index contributed by atoms with van der Waals surface area (Å²) in [4.78, 5) is 35.6. The summed E-state index contributed by atoms with van der Waals surface area (Å²) in [5.41, 5.74) is 0. The average molecular weight is 1060 g/mol. The normalized spacial score (nSPS) is 14.3. The van der Waals surface area contributed by atoms with Crippen molar-refractivity contribution in [3.63, 3.8) is 0 Å². The summed E-state index contributed by atoms with van der Waals surface area (Å²) in [6.07, 6.45) is 79.6. The van der Waals surface area contributed by atoms with Crippen molar-refractivity contribution in [1.82, 2.24) is 0 Å². The summed E-state index contributed by atoms with van der Waals surface area (Å²) >= 11 is 0. The molecule has 0 rings (SSSR count). The predicted octanol–water partition coefficient (Wildman–Crippen LogP) is 18.5. The summed E-state index contributed by atoms with van der Waals surface area (Å²) in [6, 6.07) is 0. The van der Waals surface area contributed by atoms with E-state index in [1.165, 1.54) is 70.6 Å². The number of likely N-dealkylation sites (N-methyl/N-ethyl adjacent to an activating group) is 1. The van der Waals surface area contributed by atoms with Crippen LogP contribution in [0.1, 0.15) is 213 Å². The number of hydrogen-bond donors (Lipinski definition) is 1. The van der Waals surface area contributed by atoms with Gasteiger partial charge in [-0.2, -0.15) is 0 Å². The van der Waals surface area contributed by atoms with Gasteiger partial charge in [0.25, 0.3) is 0 Å². The number of ether oxygens (including phenoxy) is 2. The molecule has 0 aliphatic carbocycles. The van der Waals surface area contributed by atoms with E-state index in [1.54, 1.807) is 0 Å². The Morgan fingerprint density at radius 1 is 0.427 bits per heavy atom. The zero-order chi connectivity index (χ0) is 54.9. The van der Waals surface area contributed by atoms with Gasteiger partial charge in [0.05, 0.1) is 27.7 Å². The number of phosphoric ester groups is 1. The van der Waals surface area contributed by atoms with Crippen LogP contribution in [0, 0.1) is 0 Å². The number of allylic oxidation sites excluding steroid dienone is 22. The molecule has 0 bridgehead atoms. The van der Waals surface area contributed by atoms with E-state index in [0.29, 0.717) is 17.4 Å². The van der Waals surface area contributed by atoms with E-state index >= 15 is 0 Å². The molecule has 0 radical (unpaired) electrons. The van der Waals surface area contributed by atoms with E-state index in [2.05, 4.69) is 148 Å². The Kier molecular flexibility index (Phi) is 52.1. The van der Waals surface area contributed by atoms with Crippen molar-refractivity contribution in [2.24, 2.45) is 0 Å². The molecular formula is C65H109NO8P+. The standard InChI is InChI=1S/C65H108NO8P/c1-6-8-10-12-14-16-18-20-22-23-24-25-26-27-28-29-30-31-32-33-34-35-36-37-38-39-40-41-42-43-44-46-48-50-52-54-56-58-65(68)74-63(62-73-75(69,70)72-60-59-66(3,4)5)61-71-64(67)57-55-53-51-49-47-45-21-19-17-15-13-11-9-7-2/h8,10,14,16,20,22,24-25,27-28,30-31,33-34,36-37,39-40,42-43,46,48,63H,6-7,9,11-13,15,17-19,21,23,26,29,32,35,38,41,44-45,47,49-62H2,1-5H3/p+1/b10-8-,16-14-,22-20-,25-24-,28-27-,31-30-,34-33-,37-36-,40-39-,43-42-,48-46-. The molecule has 9 nitrogen and oxygen atoms in total. The molecule has 0 fully saturated rings. The molecule has 0 aromatic rings. The van der Waals surface area contributed by atoms with Crippen LogP contribution in [-0.2, 0) is 32.7 Å². The van der Waals surface area contributed by atoms with Crippen molar-refractivity contribution >= 4 is 19.8 Å². The molecular weight excluding hydrogens is 954 g/mol. The van der Waals surface area contributed by atoms with Crippen LogP contribution in [0.15, 0.2) is 134 Å². The lowest BCUT2D eigenvalue weighted by molar-refractivity contribution is -0.870. The van der Waals surface area contributed by atoms with Crippen LogP contribution >= 0.6 is 7.82 Å². The molecule has 0 heterocycles. The minimum atomic E-state index is -4.40. The number of phosphoric acid groups is 1. The molecule has 0 aromatic heterocycles. The fourth-order valence-electron chi connectivity index (χ4n) is 7.43. The molecule has 0 aromatic carbocycles. The monoisotopic (exact) mass is 1060 g/mol. The summed E-state index contributed by atoms with van der Waals surface area (Å²) in [7, 11) is 1.44. The van der Waals surface area contributed by atoms with Crippen LogP contribution in [0.2, 0.25) is 0 Å². The molecule has 75 heavy (non-hydrogen) atoms. The van der Waals surface area contributed by atoms with Gasteiger partial charge < -0.3 is 18.9 Å². The van der Waals surface area contributed by atoms with Gasteiger partial charge in [0.15, 0.2) is 6.10 Å².